The molecule has 84 valence electrons. The van der Waals surface area contributed by atoms with Gasteiger partial charge in [0.05, 0.1) is 5.76 Å². The largest absolute Gasteiger partial charge is 0.513 e. The lowest BCUT2D eigenvalue weighted by Gasteiger charge is -2.14. The number of unbranched alkanes of at least 4 members (excludes halogenated alkanes) is 4. The Morgan fingerprint density at radius 1 is 1.00 bits per heavy atom. The molecule has 0 aliphatic heterocycles. The summed E-state index contributed by atoms with van der Waals surface area (Å²) in [5.41, 5.74) is 0. The normalized spacial score (nSPS) is 10.8. The van der Waals surface area contributed by atoms with Gasteiger partial charge in [-0.25, -0.2) is 0 Å². The summed E-state index contributed by atoms with van der Waals surface area (Å²) in [6.07, 6.45) is 9.74. The first-order valence-corrected chi connectivity index (χ1v) is 6.10. The molecule has 0 heterocycles. The lowest BCUT2D eigenvalue weighted by atomic mass is 9.94. The van der Waals surface area contributed by atoms with E-state index in [1.54, 1.807) is 0 Å². The van der Waals surface area contributed by atoms with Crippen LogP contribution < -0.4 is 0 Å². The van der Waals surface area contributed by atoms with E-state index >= 15 is 0 Å². The number of allylic oxidation sites excluding steroid dienone is 1. The van der Waals surface area contributed by atoms with Crippen LogP contribution in [0.2, 0.25) is 0 Å². The van der Waals surface area contributed by atoms with Gasteiger partial charge in [-0.2, -0.15) is 0 Å². The molecule has 0 saturated carbocycles. The Hall–Kier alpha value is -0.460. The molecule has 0 bridgehead atoms. The predicted molar refractivity (Wildman–Crippen MR) is 63.5 cm³/mol. The van der Waals surface area contributed by atoms with Gasteiger partial charge in [-0.3, -0.25) is 0 Å². The lowest BCUT2D eigenvalue weighted by Crippen LogP contribution is -2.03. The van der Waals surface area contributed by atoms with Gasteiger partial charge in [0.2, 0.25) is 0 Å². The Bertz CT molecular complexity index is 130. The van der Waals surface area contributed by atoms with Crippen LogP contribution in [-0.4, -0.2) is 5.11 Å². The minimum atomic E-state index is 0.355. The van der Waals surface area contributed by atoms with E-state index in [4.69, 9.17) is 0 Å². The minimum Gasteiger partial charge on any atom is -0.513 e. The molecule has 0 rings (SSSR count). The average molecular weight is 198 g/mol. The van der Waals surface area contributed by atoms with Gasteiger partial charge < -0.3 is 5.11 Å². The van der Waals surface area contributed by atoms with Gasteiger partial charge in [0.15, 0.2) is 0 Å². The number of rotatable bonds is 9. The van der Waals surface area contributed by atoms with Crippen molar-refractivity contribution in [1.29, 1.82) is 0 Å². The van der Waals surface area contributed by atoms with Crippen LogP contribution in [0.25, 0.3) is 0 Å². The maximum Gasteiger partial charge on any atom is 0.0881 e. The monoisotopic (exact) mass is 198 g/mol. The van der Waals surface area contributed by atoms with Crippen molar-refractivity contribution in [2.75, 3.05) is 0 Å². The van der Waals surface area contributed by atoms with Crippen LogP contribution in [0.4, 0.5) is 0 Å². The summed E-state index contributed by atoms with van der Waals surface area (Å²) in [6.45, 7) is 8.08. The molecule has 0 radical (unpaired) electrons. The van der Waals surface area contributed by atoms with E-state index in [1.807, 2.05) is 0 Å². The highest BCUT2D eigenvalue weighted by Crippen LogP contribution is 2.22. The fourth-order valence-electron chi connectivity index (χ4n) is 1.76. The van der Waals surface area contributed by atoms with Crippen LogP contribution in [0.5, 0.6) is 0 Å². The SMILES string of the molecule is C=C(O)C(CCCCC)CCCCC. The molecular weight excluding hydrogens is 172 g/mol. The molecule has 1 heteroatoms. The summed E-state index contributed by atoms with van der Waals surface area (Å²) in [5.74, 6) is 0.755. The van der Waals surface area contributed by atoms with E-state index in [1.165, 1.54) is 38.5 Å². The number of aliphatic hydroxyl groups is 1. The number of hydrogen-bond donors (Lipinski definition) is 1. The molecule has 0 fully saturated rings. The van der Waals surface area contributed by atoms with Crippen molar-refractivity contribution in [3.05, 3.63) is 12.3 Å². The third-order valence-electron chi connectivity index (χ3n) is 2.78. The third-order valence-corrected chi connectivity index (χ3v) is 2.78. The molecule has 14 heavy (non-hydrogen) atoms. The highest BCUT2D eigenvalue weighted by molar-refractivity contribution is 4.88. The summed E-state index contributed by atoms with van der Waals surface area (Å²) < 4.78 is 0. The highest BCUT2D eigenvalue weighted by Gasteiger charge is 2.10. The lowest BCUT2D eigenvalue weighted by molar-refractivity contribution is 0.299. The standard InChI is InChI=1S/C13H26O/c1-4-6-8-10-13(12(3)14)11-9-7-5-2/h13-14H,3-11H2,1-2H3. The molecule has 0 unspecified atom stereocenters. The summed E-state index contributed by atoms with van der Waals surface area (Å²) in [5, 5.41) is 9.42. The fourth-order valence-corrected chi connectivity index (χ4v) is 1.76. The van der Waals surface area contributed by atoms with Gasteiger partial charge in [-0.15, -0.1) is 0 Å². The Morgan fingerprint density at radius 2 is 1.43 bits per heavy atom. The second-order valence-electron chi connectivity index (χ2n) is 4.18. The van der Waals surface area contributed by atoms with E-state index in [2.05, 4.69) is 20.4 Å². The van der Waals surface area contributed by atoms with Crippen LogP contribution >= 0.6 is 0 Å². The second kappa shape index (κ2) is 9.11. The number of hydrogen-bond acceptors (Lipinski definition) is 1. The van der Waals surface area contributed by atoms with Gasteiger partial charge in [-0.1, -0.05) is 59.0 Å². The average Bonchev–Trinajstić information content (AvgIpc) is 2.15. The second-order valence-corrected chi connectivity index (χ2v) is 4.18. The minimum absolute atomic E-state index is 0.355. The van der Waals surface area contributed by atoms with Crippen molar-refractivity contribution in [1.82, 2.24) is 0 Å². The van der Waals surface area contributed by atoms with Gasteiger partial charge >= 0.3 is 0 Å². The Morgan fingerprint density at radius 3 is 1.71 bits per heavy atom. The Kier molecular flexibility index (Phi) is 8.81. The molecular formula is C13H26O. The van der Waals surface area contributed by atoms with Crippen molar-refractivity contribution in [3.63, 3.8) is 0 Å². The van der Waals surface area contributed by atoms with Crippen molar-refractivity contribution < 1.29 is 5.11 Å². The van der Waals surface area contributed by atoms with Gasteiger partial charge in [0, 0.05) is 5.92 Å². The van der Waals surface area contributed by atoms with Crippen LogP contribution in [0.15, 0.2) is 12.3 Å². The van der Waals surface area contributed by atoms with E-state index < -0.39 is 0 Å². The topological polar surface area (TPSA) is 20.2 Å². The Labute approximate surface area is 89.2 Å². The van der Waals surface area contributed by atoms with Crippen molar-refractivity contribution in [2.24, 2.45) is 5.92 Å². The first-order valence-electron chi connectivity index (χ1n) is 6.10. The summed E-state index contributed by atoms with van der Waals surface area (Å²) in [4.78, 5) is 0. The molecule has 1 nitrogen and oxygen atoms in total. The molecule has 0 aliphatic rings. The molecule has 0 amide bonds. The van der Waals surface area contributed by atoms with E-state index in [-0.39, 0.29) is 0 Å². The molecule has 0 saturated heterocycles. The molecule has 1 N–H and O–H groups in total. The molecule has 0 aromatic carbocycles. The van der Waals surface area contributed by atoms with Crippen molar-refractivity contribution in [3.8, 4) is 0 Å². The van der Waals surface area contributed by atoms with E-state index in [0.29, 0.717) is 11.7 Å². The summed E-state index contributed by atoms with van der Waals surface area (Å²) >= 11 is 0. The summed E-state index contributed by atoms with van der Waals surface area (Å²) in [7, 11) is 0. The maximum absolute atomic E-state index is 9.42. The van der Waals surface area contributed by atoms with Crippen molar-refractivity contribution in [2.45, 2.75) is 65.2 Å². The third kappa shape index (κ3) is 6.99. The van der Waals surface area contributed by atoms with Crippen molar-refractivity contribution >= 4 is 0 Å². The smallest absolute Gasteiger partial charge is 0.0881 e. The van der Waals surface area contributed by atoms with Gasteiger partial charge in [0.25, 0.3) is 0 Å². The first kappa shape index (κ1) is 13.5. The van der Waals surface area contributed by atoms with Crippen LogP contribution in [0, 0.1) is 5.92 Å². The zero-order valence-electron chi connectivity index (χ0n) is 9.89. The molecule has 0 aliphatic carbocycles. The summed E-state index contributed by atoms with van der Waals surface area (Å²) in [6, 6.07) is 0. The zero-order valence-corrected chi connectivity index (χ0v) is 9.89. The fraction of sp³-hybridized carbons (Fsp3) is 0.846. The highest BCUT2D eigenvalue weighted by atomic mass is 16.3. The quantitative estimate of drug-likeness (QED) is 0.415. The van der Waals surface area contributed by atoms with Gasteiger partial charge in [0.1, 0.15) is 0 Å². The molecule has 0 spiro atoms. The van der Waals surface area contributed by atoms with Gasteiger partial charge in [-0.05, 0) is 12.8 Å². The van der Waals surface area contributed by atoms with Crippen LogP contribution in [-0.2, 0) is 0 Å². The molecule has 0 aromatic rings. The first-order chi connectivity index (χ1) is 6.72. The predicted octanol–water partition coefficient (Wildman–Crippen LogP) is 4.83. The number of aliphatic hydroxyl groups excluding tert-OH is 1. The van der Waals surface area contributed by atoms with Crippen LogP contribution in [0.1, 0.15) is 65.2 Å². The molecule has 0 atom stereocenters. The zero-order chi connectivity index (χ0) is 10.8. The van der Waals surface area contributed by atoms with E-state index in [0.717, 1.165) is 12.8 Å². The Balaban J connectivity index is 3.61. The van der Waals surface area contributed by atoms with E-state index in [9.17, 15) is 5.11 Å². The molecule has 0 aromatic heterocycles. The van der Waals surface area contributed by atoms with Crippen LogP contribution in [0.3, 0.4) is 0 Å². The maximum atomic E-state index is 9.42.